The number of rotatable bonds is 4. The summed E-state index contributed by atoms with van der Waals surface area (Å²) in [6, 6.07) is 11.0. The highest BCUT2D eigenvalue weighted by molar-refractivity contribution is 5.94. The number of carbonyl (C=O) groups is 1. The summed E-state index contributed by atoms with van der Waals surface area (Å²) < 4.78 is 24.8. The lowest BCUT2D eigenvalue weighted by molar-refractivity contribution is -0.115. The van der Waals surface area contributed by atoms with Crippen LogP contribution in [0, 0.1) is 11.7 Å². The van der Waals surface area contributed by atoms with E-state index in [0.29, 0.717) is 30.0 Å². The Morgan fingerprint density at radius 3 is 2.70 bits per heavy atom. The van der Waals surface area contributed by atoms with Gasteiger partial charge >= 0.3 is 0 Å². The molecule has 2 aromatic carbocycles. The van der Waals surface area contributed by atoms with Crippen molar-refractivity contribution in [1.29, 1.82) is 0 Å². The summed E-state index contributed by atoms with van der Waals surface area (Å²) in [5, 5.41) is 11.4. The molecule has 0 bridgehead atoms. The minimum atomic E-state index is -0.813. The van der Waals surface area contributed by atoms with Crippen LogP contribution in [0.1, 0.15) is 54.1 Å². The number of fused-ring (bicyclic) bond motifs is 1. The Hall–Kier alpha value is -2.60. The van der Waals surface area contributed by atoms with E-state index in [9.17, 15) is 14.3 Å². The van der Waals surface area contributed by atoms with Crippen molar-refractivity contribution in [3.8, 4) is 11.5 Å². The van der Waals surface area contributed by atoms with Crippen molar-refractivity contribution in [3.05, 3.63) is 59.4 Å². The standard InChI is InChI=1S/C24H28FNO4/c1-29-18-9-10-19(21(15-18)30-2)22-20-8-3-4-11-24(20,28)12-13-26(22)23(27)16-6-5-7-17(25)14-16/h5-7,9-10,14-15,20,22,28H,3-4,8,11-13H2,1-2H3/t20-,22-,24-/m1/s1. The molecule has 1 aliphatic heterocycles. The van der Waals surface area contributed by atoms with Crippen LogP contribution < -0.4 is 9.47 Å². The summed E-state index contributed by atoms with van der Waals surface area (Å²) in [6.07, 6.45) is 4.06. The molecule has 160 valence electrons. The molecule has 1 saturated carbocycles. The van der Waals surface area contributed by atoms with E-state index in [1.165, 1.54) is 12.1 Å². The number of carbonyl (C=O) groups excluding carboxylic acids is 1. The van der Waals surface area contributed by atoms with Gasteiger partial charge in [-0.05, 0) is 49.6 Å². The third-order valence-electron chi connectivity index (χ3n) is 6.66. The molecule has 2 fully saturated rings. The monoisotopic (exact) mass is 413 g/mol. The molecule has 0 aromatic heterocycles. The lowest BCUT2D eigenvalue weighted by atomic mass is 9.66. The van der Waals surface area contributed by atoms with Crippen molar-refractivity contribution >= 4 is 5.91 Å². The van der Waals surface area contributed by atoms with Crippen molar-refractivity contribution in [2.75, 3.05) is 20.8 Å². The Balaban J connectivity index is 1.80. The van der Waals surface area contributed by atoms with Gasteiger partial charge in [0.1, 0.15) is 17.3 Å². The molecule has 1 aliphatic carbocycles. The second kappa shape index (κ2) is 8.26. The summed E-state index contributed by atoms with van der Waals surface area (Å²) >= 11 is 0. The number of benzene rings is 2. The van der Waals surface area contributed by atoms with Gasteiger partial charge in [-0.15, -0.1) is 0 Å². The number of piperidine rings is 1. The average Bonchev–Trinajstić information content (AvgIpc) is 2.77. The molecule has 5 nitrogen and oxygen atoms in total. The number of ether oxygens (including phenoxy) is 2. The average molecular weight is 413 g/mol. The lowest BCUT2D eigenvalue weighted by Crippen LogP contribution is -2.56. The van der Waals surface area contributed by atoms with E-state index in [1.54, 1.807) is 37.3 Å². The third-order valence-corrected chi connectivity index (χ3v) is 6.66. The first-order valence-corrected chi connectivity index (χ1v) is 10.5. The molecule has 1 heterocycles. The maximum absolute atomic E-state index is 13.8. The van der Waals surface area contributed by atoms with Crippen LogP contribution in [0.25, 0.3) is 0 Å². The van der Waals surface area contributed by atoms with Gasteiger partial charge in [-0.3, -0.25) is 4.79 Å². The van der Waals surface area contributed by atoms with Crippen molar-refractivity contribution < 1.29 is 23.8 Å². The fraction of sp³-hybridized carbons (Fsp3) is 0.458. The first-order valence-electron chi connectivity index (χ1n) is 10.5. The van der Waals surface area contributed by atoms with Crippen LogP contribution in [0.5, 0.6) is 11.5 Å². The van der Waals surface area contributed by atoms with Gasteiger partial charge < -0.3 is 19.5 Å². The van der Waals surface area contributed by atoms with Gasteiger partial charge in [0, 0.05) is 29.7 Å². The Labute approximate surface area is 176 Å². The highest BCUT2D eigenvalue weighted by atomic mass is 19.1. The van der Waals surface area contributed by atoms with Crippen molar-refractivity contribution in [2.45, 2.75) is 43.7 Å². The van der Waals surface area contributed by atoms with Gasteiger partial charge in [0.25, 0.3) is 5.91 Å². The zero-order chi connectivity index (χ0) is 21.3. The fourth-order valence-corrected chi connectivity index (χ4v) is 5.14. The molecule has 1 N–H and O–H groups in total. The number of amides is 1. The van der Waals surface area contributed by atoms with Gasteiger partial charge in [-0.1, -0.05) is 18.9 Å². The Kier molecular flexibility index (Phi) is 5.69. The summed E-state index contributed by atoms with van der Waals surface area (Å²) in [5.41, 5.74) is 0.342. The van der Waals surface area contributed by atoms with Crippen molar-refractivity contribution in [1.82, 2.24) is 4.90 Å². The zero-order valence-electron chi connectivity index (χ0n) is 17.4. The SMILES string of the molecule is COc1ccc([C@@H]2[C@H]3CCCC[C@@]3(O)CCN2C(=O)c2cccc(F)c2)c(OC)c1. The zero-order valence-corrected chi connectivity index (χ0v) is 17.4. The van der Waals surface area contributed by atoms with Gasteiger partial charge in [0.2, 0.25) is 0 Å². The van der Waals surface area contributed by atoms with Gasteiger partial charge in [0.15, 0.2) is 0 Å². The van der Waals surface area contributed by atoms with Crippen molar-refractivity contribution in [2.24, 2.45) is 5.92 Å². The quantitative estimate of drug-likeness (QED) is 0.810. The molecule has 1 saturated heterocycles. The highest BCUT2D eigenvalue weighted by Crippen LogP contribution is 2.51. The van der Waals surface area contributed by atoms with E-state index in [2.05, 4.69) is 0 Å². The minimum absolute atomic E-state index is 0.111. The van der Waals surface area contributed by atoms with Crippen LogP contribution in [0.15, 0.2) is 42.5 Å². The number of halogens is 1. The van der Waals surface area contributed by atoms with E-state index in [1.807, 2.05) is 12.1 Å². The number of methoxy groups -OCH3 is 2. The molecular formula is C24H28FNO4. The molecule has 4 rings (SSSR count). The van der Waals surface area contributed by atoms with Crippen LogP contribution in [-0.2, 0) is 0 Å². The van der Waals surface area contributed by atoms with Crippen LogP contribution in [0.3, 0.4) is 0 Å². The molecule has 30 heavy (non-hydrogen) atoms. The minimum Gasteiger partial charge on any atom is -0.497 e. The van der Waals surface area contributed by atoms with E-state index in [-0.39, 0.29) is 17.9 Å². The third kappa shape index (κ3) is 3.65. The van der Waals surface area contributed by atoms with E-state index < -0.39 is 11.4 Å². The molecule has 0 spiro atoms. The molecule has 0 radical (unpaired) electrons. The largest absolute Gasteiger partial charge is 0.497 e. The number of hydrogen-bond donors (Lipinski definition) is 1. The van der Waals surface area contributed by atoms with Crippen LogP contribution in [0.2, 0.25) is 0 Å². The maximum Gasteiger partial charge on any atom is 0.254 e. The topological polar surface area (TPSA) is 59.0 Å². The molecule has 2 aliphatic rings. The van der Waals surface area contributed by atoms with Gasteiger partial charge in [-0.2, -0.15) is 0 Å². The number of aliphatic hydroxyl groups is 1. The summed E-state index contributed by atoms with van der Waals surface area (Å²) in [5.74, 6) is 0.495. The normalized spacial score (nSPS) is 26.1. The predicted octanol–water partition coefficient (Wildman–Crippen LogP) is 4.35. The molecule has 6 heteroatoms. The van der Waals surface area contributed by atoms with Gasteiger partial charge in [-0.25, -0.2) is 4.39 Å². The summed E-state index contributed by atoms with van der Waals surface area (Å²) in [6.45, 7) is 0.405. The smallest absolute Gasteiger partial charge is 0.254 e. The second-order valence-corrected chi connectivity index (χ2v) is 8.27. The van der Waals surface area contributed by atoms with Crippen LogP contribution in [0.4, 0.5) is 4.39 Å². The van der Waals surface area contributed by atoms with Crippen LogP contribution in [-0.4, -0.2) is 42.3 Å². The van der Waals surface area contributed by atoms with Crippen molar-refractivity contribution in [3.63, 3.8) is 0 Å². The molecule has 2 aromatic rings. The van der Waals surface area contributed by atoms with Gasteiger partial charge in [0.05, 0.1) is 25.9 Å². The Morgan fingerprint density at radius 2 is 1.97 bits per heavy atom. The number of likely N-dealkylation sites (tertiary alicyclic amines) is 1. The number of nitrogens with zero attached hydrogens (tertiary/aromatic N) is 1. The molecule has 0 unspecified atom stereocenters. The Bertz CT molecular complexity index is 933. The first-order chi connectivity index (χ1) is 14.5. The van der Waals surface area contributed by atoms with E-state index in [0.717, 1.165) is 31.2 Å². The molecule has 1 amide bonds. The van der Waals surface area contributed by atoms with Crippen LogP contribution >= 0.6 is 0 Å². The maximum atomic E-state index is 13.8. The Morgan fingerprint density at radius 1 is 1.13 bits per heavy atom. The summed E-state index contributed by atoms with van der Waals surface area (Å²) in [4.78, 5) is 15.2. The molecular weight excluding hydrogens is 385 g/mol. The second-order valence-electron chi connectivity index (χ2n) is 8.27. The fourth-order valence-electron chi connectivity index (χ4n) is 5.14. The highest BCUT2D eigenvalue weighted by Gasteiger charge is 2.51. The predicted molar refractivity (Wildman–Crippen MR) is 111 cm³/mol. The van der Waals surface area contributed by atoms with E-state index in [4.69, 9.17) is 9.47 Å². The lowest BCUT2D eigenvalue weighted by Gasteiger charge is -2.52. The van der Waals surface area contributed by atoms with E-state index >= 15 is 0 Å². The first kappa shape index (κ1) is 20.7. The summed E-state index contributed by atoms with van der Waals surface area (Å²) in [7, 11) is 3.18. The molecule has 3 atom stereocenters. The number of hydrogen-bond acceptors (Lipinski definition) is 4.